The van der Waals surface area contributed by atoms with Gasteiger partial charge in [-0.15, -0.1) is 0 Å². The molecule has 1 aliphatic rings. The third-order valence-corrected chi connectivity index (χ3v) is 3.38. The molecule has 98 valence electrons. The quantitative estimate of drug-likeness (QED) is 0.801. The Morgan fingerprint density at radius 3 is 2.50 bits per heavy atom. The zero-order valence-corrected chi connectivity index (χ0v) is 11.3. The highest BCUT2D eigenvalue weighted by atomic mass is 16.5. The van der Waals surface area contributed by atoms with Crippen molar-refractivity contribution in [3.63, 3.8) is 0 Å². The lowest BCUT2D eigenvalue weighted by Crippen LogP contribution is -2.48. The van der Waals surface area contributed by atoms with E-state index in [9.17, 15) is 4.79 Å². The second-order valence-corrected chi connectivity index (χ2v) is 5.16. The van der Waals surface area contributed by atoms with Gasteiger partial charge in [-0.25, -0.2) is 0 Å². The molecule has 0 aliphatic carbocycles. The standard InChI is InChI=1S/C15H21NO2/c1-11-6-4-5-7-14(11)8-15(17)16-9-12(2)18-13(3)10-16/h4-7,12-13H,8-10H2,1-3H3/t12-,13+. The van der Waals surface area contributed by atoms with Gasteiger partial charge in [0.05, 0.1) is 18.6 Å². The molecule has 1 amide bonds. The van der Waals surface area contributed by atoms with E-state index in [1.807, 2.05) is 49.9 Å². The normalized spacial score (nSPS) is 24.1. The average Bonchev–Trinajstić information content (AvgIpc) is 2.31. The first-order valence-electron chi connectivity index (χ1n) is 6.54. The molecular formula is C15H21NO2. The van der Waals surface area contributed by atoms with Crippen LogP contribution in [0.2, 0.25) is 0 Å². The van der Waals surface area contributed by atoms with Gasteiger partial charge in [0.25, 0.3) is 0 Å². The topological polar surface area (TPSA) is 29.5 Å². The third-order valence-electron chi connectivity index (χ3n) is 3.38. The van der Waals surface area contributed by atoms with Crippen molar-refractivity contribution in [2.45, 2.75) is 39.4 Å². The van der Waals surface area contributed by atoms with Crippen molar-refractivity contribution < 1.29 is 9.53 Å². The van der Waals surface area contributed by atoms with Crippen LogP contribution in [0.15, 0.2) is 24.3 Å². The molecule has 0 N–H and O–H groups in total. The van der Waals surface area contributed by atoms with Gasteiger partial charge in [0.1, 0.15) is 0 Å². The fourth-order valence-electron chi connectivity index (χ4n) is 2.46. The first-order chi connectivity index (χ1) is 8.56. The number of benzene rings is 1. The van der Waals surface area contributed by atoms with Crippen LogP contribution in [0.4, 0.5) is 0 Å². The lowest BCUT2D eigenvalue weighted by atomic mass is 10.0. The van der Waals surface area contributed by atoms with Crippen molar-refractivity contribution >= 4 is 5.91 Å². The summed E-state index contributed by atoms with van der Waals surface area (Å²) in [6.07, 6.45) is 0.760. The molecule has 0 radical (unpaired) electrons. The Balaban J connectivity index is 2.02. The molecule has 0 aromatic heterocycles. The molecular weight excluding hydrogens is 226 g/mol. The summed E-state index contributed by atoms with van der Waals surface area (Å²) in [6, 6.07) is 8.07. The van der Waals surface area contributed by atoms with E-state index in [-0.39, 0.29) is 18.1 Å². The van der Waals surface area contributed by atoms with Gasteiger partial charge in [-0.3, -0.25) is 4.79 Å². The summed E-state index contributed by atoms with van der Waals surface area (Å²) in [7, 11) is 0. The number of rotatable bonds is 2. The smallest absolute Gasteiger partial charge is 0.227 e. The number of morpholine rings is 1. The van der Waals surface area contributed by atoms with Crippen molar-refractivity contribution in [3.05, 3.63) is 35.4 Å². The van der Waals surface area contributed by atoms with Gasteiger partial charge in [-0.05, 0) is 31.9 Å². The molecule has 1 aliphatic heterocycles. The molecule has 0 spiro atoms. The van der Waals surface area contributed by atoms with Gasteiger partial charge in [-0.2, -0.15) is 0 Å². The molecule has 0 bridgehead atoms. The third kappa shape index (κ3) is 3.10. The molecule has 2 atom stereocenters. The molecule has 1 fully saturated rings. The number of hydrogen-bond donors (Lipinski definition) is 0. The number of nitrogens with zero attached hydrogens (tertiary/aromatic N) is 1. The monoisotopic (exact) mass is 247 g/mol. The molecule has 1 aromatic rings. The predicted octanol–water partition coefficient (Wildman–Crippen LogP) is 2.17. The average molecular weight is 247 g/mol. The van der Waals surface area contributed by atoms with Crippen molar-refractivity contribution in [2.24, 2.45) is 0 Å². The summed E-state index contributed by atoms with van der Waals surface area (Å²) in [5.74, 6) is 0.200. The lowest BCUT2D eigenvalue weighted by Gasteiger charge is -2.35. The van der Waals surface area contributed by atoms with Crippen LogP contribution in [-0.4, -0.2) is 36.1 Å². The van der Waals surface area contributed by atoms with Crippen LogP contribution in [0.3, 0.4) is 0 Å². The summed E-state index contributed by atoms with van der Waals surface area (Å²) >= 11 is 0. The highest BCUT2D eigenvalue weighted by Crippen LogP contribution is 2.14. The van der Waals surface area contributed by atoms with Crippen molar-refractivity contribution in [3.8, 4) is 0 Å². The summed E-state index contributed by atoms with van der Waals surface area (Å²) < 4.78 is 5.65. The first kappa shape index (κ1) is 13.1. The first-order valence-corrected chi connectivity index (χ1v) is 6.54. The minimum Gasteiger partial charge on any atom is -0.372 e. The van der Waals surface area contributed by atoms with E-state index in [0.717, 1.165) is 5.56 Å². The van der Waals surface area contributed by atoms with Gasteiger partial charge in [0.2, 0.25) is 5.91 Å². The minimum absolute atomic E-state index is 0.134. The van der Waals surface area contributed by atoms with Crippen LogP contribution in [0.1, 0.15) is 25.0 Å². The zero-order valence-electron chi connectivity index (χ0n) is 11.3. The van der Waals surface area contributed by atoms with Crippen molar-refractivity contribution in [1.29, 1.82) is 0 Å². The molecule has 3 heteroatoms. The van der Waals surface area contributed by atoms with Gasteiger partial charge >= 0.3 is 0 Å². The van der Waals surface area contributed by atoms with Crippen molar-refractivity contribution in [2.75, 3.05) is 13.1 Å². The maximum absolute atomic E-state index is 12.3. The Morgan fingerprint density at radius 1 is 1.28 bits per heavy atom. The van der Waals surface area contributed by atoms with Crippen LogP contribution >= 0.6 is 0 Å². The number of amides is 1. The van der Waals surface area contributed by atoms with E-state index in [2.05, 4.69) is 0 Å². The van der Waals surface area contributed by atoms with Gasteiger partial charge in [0.15, 0.2) is 0 Å². The van der Waals surface area contributed by atoms with E-state index in [4.69, 9.17) is 4.74 Å². The summed E-state index contributed by atoms with van der Waals surface area (Å²) in [5, 5.41) is 0. The predicted molar refractivity (Wildman–Crippen MR) is 71.5 cm³/mol. The fraction of sp³-hybridized carbons (Fsp3) is 0.533. The Kier molecular flexibility index (Phi) is 4.02. The summed E-state index contributed by atoms with van der Waals surface area (Å²) in [4.78, 5) is 14.2. The second-order valence-electron chi connectivity index (χ2n) is 5.16. The Labute approximate surface area is 109 Å². The lowest BCUT2D eigenvalue weighted by molar-refractivity contribution is -0.142. The molecule has 18 heavy (non-hydrogen) atoms. The van der Waals surface area contributed by atoms with Gasteiger partial charge in [0, 0.05) is 13.1 Å². The van der Waals surface area contributed by atoms with E-state index < -0.39 is 0 Å². The Bertz CT molecular complexity index is 420. The number of aryl methyl sites for hydroxylation is 1. The largest absolute Gasteiger partial charge is 0.372 e. The van der Waals surface area contributed by atoms with E-state index in [1.54, 1.807) is 0 Å². The highest BCUT2D eigenvalue weighted by Gasteiger charge is 2.25. The molecule has 1 heterocycles. The van der Waals surface area contributed by atoms with E-state index in [1.165, 1.54) is 5.56 Å². The molecule has 0 unspecified atom stereocenters. The summed E-state index contributed by atoms with van der Waals surface area (Å²) in [5.41, 5.74) is 2.30. The maximum atomic E-state index is 12.3. The number of carbonyl (C=O) groups excluding carboxylic acids is 1. The molecule has 1 aromatic carbocycles. The van der Waals surface area contributed by atoms with Crippen molar-refractivity contribution in [1.82, 2.24) is 4.90 Å². The number of hydrogen-bond acceptors (Lipinski definition) is 2. The van der Waals surface area contributed by atoms with Crippen LogP contribution in [0, 0.1) is 6.92 Å². The Morgan fingerprint density at radius 2 is 1.89 bits per heavy atom. The second kappa shape index (κ2) is 5.53. The molecule has 0 saturated carbocycles. The van der Waals surface area contributed by atoms with Crippen LogP contribution in [0.5, 0.6) is 0 Å². The highest BCUT2D eigenvalue weighted by molar-refractivity contribution is 5.79. The van der Waals surface area contributed by atoms with Crippen LogP contribution in [0.25, 0.3) is 0 Å². The summed E-state index contributed by atoms with van der Waals surface area (Å²) in [6.45, 7) is 7.49. The maximum Gasteiger partial charge on any atom is 0.227 e. The SMILES string of the molecule is Cc1ccccc1CC(=O)N1C[C@@H](C)O[C@@H](C)C1. The zero-order chi connectivity index (χ0) is 13.1. The van der Waals surface area contributed by atoms with Crippen LogP contribution in [-0.2, 0) is 16.0 Å². The van der Waals surface area contributed by atoms with E-state index in [0.29, 0.717) is 19.5 Å². The molecule has 1 saturated heterocycles. The fourth-order valence-corrected chi connectivity index (χ4v) is 2.46. The minimum atomic E-state index is 0.134. The number of carbonyl (C=O) groups is 1. The molecule has 3 nitrogen and oxygen atoms in total. The number of ether oxygens (including phenoxy) is 1. The van der Waals surface area contributed by atoms with E-state index >= 15 is 0 Å². The Hall–Kier alpha value is -1.35. The van der Waals surface area contributed by atoms with Crippen LogP contribution < -0.4 is 0 Å². The molecule has 2 rings (SSSR count). The van der Waals surface area contributed by atoms with Gasteiger partial charge < -0.3 is 9.64 Å². The van der Waals surface area contributed by atoms with Gasteiger partial charge in [-0.1, -0.05) is 24.3 Å².